The summed E-state index contributed by atoms with van der Waals surface area (Å²) in [6.45, 7) is 0. The van der Waals surface area contributed by atoms with Gasteiger partial charge in [0.1, 0.15) is 10.6 Å². The van der Waals surface area contributed by atoms with Crippen molar-refractivity contribution in [2.45, 2.75) is 0 Å². The molecule has 0 aliphatic carbocycles. The third-order valence-corrected chi connectivity index (χ3v) is 2.70. The quantitative estimate of drug-likeness (QED) is 0.786. The molecule has 14 heavy (non-hydrogen) atoms. The molecule has 6 heteroatoms. The maximum Gasteiger partial charge on any atom is 0.339 e. The fourth-order valence-electron chi connectivity index (χ4n) is 1.19. The number of nitrogen functional groups attached to an aromatic ring is 1. The van der Waals surface area contributed by atoms with Crippen molar-refractivity contribution in [3.8, 4) is 0 Å². The number of nitrogens with zero attached hydrogens (tertiary/aromatic N) is 1. The Balaban J connectivity index is 0.000000980. The average molecular weight is 231 g/mol. The maximum atomic E-state index is 10.8. The summed E-state index contributed by atoms with van der Waals surface area (Å²) in [6.07, 6.45) is 3.17. The third-order valence-electron chi connectivity index (χ3n) is 1.73. The summed E-state index contributed by atoms with van der Waals surface area (Å²) in [5.74, 6) is -0.991. The normalized spacial score (nSPS) is 9.71. The molecule has 0 amide bonds. The Morgan fingerprint density at radius 1 is 1.57 bits per heavy atom. The Morgan fingerprint density at radius 3 is 2.93 bits per heavy atom. The number of hydrogen-bond acceptors (Lipinski definition) is 4. The number of pyridine rings is 1. The molecule has 0 aromatic carbocycles. The number of carboxylic acids is 1. The monoisotopic (exact) mass is 230 g/mol. The number of aromatic carboxylic acids is 1. The topological polar surface area (TPSA) is 76.2 Å². The first-order valence-corrected chi connectivity index (χ1v) is 4.37. The zero-order valence-electron chi connectivity index (χ0n) is 6.93. The van der Waals surface area contributed by atoms with Crippen LogP contribution in [-0.2, 0) is 0 Å². The van der Waals surface area contributed by atoms with Crippen LogP contribution in [0.5, 0.6) is 0 Å². The van der Waals surface area contributed by atoms with Gasteiger partial charge in [-0.25, -0.2) is 4.79 Å². The molecule has 4 nitrogen and oxygen atoms in total. The number of carboxylic acid groups (broad SMARTS) is 1. The van der Waals surface area contributed by atoms with Crippen molar-refractivity contribution < 1.29 is 9.90 Å². The van der Waals surface area contributed by atoms with Gasteiger partial charge in [0.25, 0.3) is 0 Å². The van der Waals surface area contributed by atoms with E-state index in [4.69, 9.17) is 10.8 Å². The van der Waals surface area contributed by atoms with E-state index in [0.29, 0.717) is 10.4 Å². The SMILES string of the molecule is Cl.Nc1sc2cnccc2c1C(=O)O. The molecule has 0 atom stereocenters. The lowest BCUT2D eigenvalue weighted by Gasteiger charge is -1.91. The minimum absolute atomic E-state index is 0. The van der Waals surface area contributed by atoms with Crippen LogP contribution < -0.4 is 5.73 Å². The molecular formula is C8H7ClN2O2S. The minimum atomic E-state index is -0.991. The van der Waals surface area contributed by atoms with E-state index in [1.165, 1.54) is 11.3 Å². The molecule has 0 saturated heterocycles. The van der Waals surface area contributed by atoms with E-state index in [2.05, 4.69) is 4.98 Å². The Hall–Kier alpha value is -1.33. The molecule has 74 valence electrons. The molecule has 2 heterocycles. The smallest absolute Gasteiger partial charge is 0.339 e. The van der Waals surface area contributed by atoms with E-state index >= 15 is 0 Å². The summed E-state index contributed by atoms with van der Waals surface area (Å²) < 4.78 is 0.803. The van der Waals surface area contributed by atoms with Crippen LogP contribution in [-0.4, -0.2) is 16.1 Å². The van der Waals surface area contributed by atoms with Gasteiger partial charge in [0.15, 0.2) is 0 Å². The first-order valence-electron chi connectivity index (χ1n) is 3.55. The van der Waals surface area contributed by atoms with Gasteiger partial charge < -0.3 is 10.8 Å². The van der Waals surface area contributed by atoms with Crippen LogP contribution in [0.4, 0.5) is 5.00 Å². The largest absolute Gasteiger partial charge is 0.478 e. The lowest BCUT2D eigenvalue weighted by atomic mass is 10.2. The summed E-state index contributed by atoms with van der Waals surface area (Å²) in [6, 6.07) is 1.66. The number of carbonyl (C=O) groups is 1. The highest BCUT2D eigenvalue weighted by atomic mass is 35.5. The summed E-state index contributed by atoms with van der Waals surface area (Å²) in [5, 5.41) is 9.85. The summed E-state index contributed by atoms with van der Waals surface area (Å²) in [7, 11) is 0. The second-order valence-corrected chi connectivity index (χ2v) is 3.60. The molecule has 0 bridgehead atoms. The van der Waals surface area contributed by atoms with Gasteiger partial charge in [0.2, 0.25) is 0 Å². The van der Waals surface area contributed by atoms with E-state index in [-0.39, 0.29) is 18.0 Å². The molecule has 2 aromatic rings. The highest BCUT2D eigenvalue weighted by Gasteiger charge is 2.15. The molecule has 0 aliphatic rings. The number of nitrogens with two attached hydrogens (primary N) is 1. The number of rotatable bonds is 1. The zero-order valence-corrected chi connectivity index (χ0v) is 8.56. The third kappa shape index (κ3) is 1.51. The van der Waals surface area contributed by atoms with Crippen LogP contribution in [0.15, 0.2) is 18.5 Å². The highest BCUT2D eigenvalue weighted by molar-refractivity contribution is 7.23. The second kappa shape index (κ2) is 3.81. The number of thiophene rings is 1. The van der Waals surface area contributed by atoms with Crippen molar-refractivity contribution in [3.05, 3.63) is 24.0 Å². The molecular weight excluding hydrogens is 224 g/mol. The van der Waals surface area contributed by atoms with Gasteiger partial charge >= 0.3 is 5.97 Å². The van der Waals surface area contributed by atoms with E-state index in [1.807, 2.05) is 0 Å². The van der Waals surface area contributed by atoms with Gasteiger partial charge in [-0.1, -0.05) is 0 Å². The predicted octanol–water partition coefficient (Wildman–Crippen LogP) is 2.00. The van der Waals surface area contributed by atoms with Crippen LogP contribution in [0, 0.1) is 0 Å². The van der Waals surface area contributed by atoms with Crippen LogP contribution in [0.1, 0.15) is 10.4 Å². The van der Waals surface area contributed by atoms with Crippen molar-refractivity contribution >= 4 is 44.8 Å². The molecule has 0 unspecified atom stereocenters. The lowest BCUT2D eigenvalue weighted by Crippen LogP contribution is -1.98. The number of halogens is 1. The van der Waals surface area contributed by atoms with Crippen molar-refractivity contribution in [3.63, 3.8) is 0 Å². The van der Waals surface area contributed by atoms with Gasteiger partial charge in [-0.3, -0.25) is 4.98 Å². The fraction of sp³-hybridized carbons (Fsp3) is 0. The first-order chi connectivity index (χ1) is 6.20. The van der Waals surface area contributed by atoms with E-state index in [1.54, 1.807) is 18.5 Å². The Bertz CT molecular complexity index is 483. The Kier molecular flexibility index (Phi) is 2.93. The van der Waals surface area contributed by atoms with Gasteiger partial charge in [-0.2, -0.15) is 0 Å². The highest BCUT2D eigenvalue weighted by Crippen LogP contribution is 2.32. The summed E-state index contributed by atoms with van der Waals surface area (Å²) >= 11 is 1.24. The lowest BCUT2D eigenvalue weighted by molar-refractivity contribution is 0.0700. The first kappa shape index (κ1) is 10.7. The van der Waals surface area contributed by atoms with E-state index in [0.717, 1.165) is 4.70 Å². The van der Waals surface area contributed by atoms with Gasteiger partial charge in [-0.15, -0.1) is 23.7 Å². The van der Waals surface area contributed by atoms with Gasteiger partial charge in [0.05, 0.1) is 4.70 Å². The molecule has 2 rings (SSSR count). The minimum Gasteiger partial charge on any atom is -0.478 e. The van der Waals surface area contributed by atoms with Gasteiger partial charge in [-0.05, 0) is 6.07 Å². The van der Waals surface area contributed by atoms with Crippen molar-refractivity contribution in [2.75, 3.05) is 5.73 Å². The standard InChI is InChI=1S/C8H6N2O2S.ClH/c9-7-6(8(11)12)4-1-2-10-3-5(4)13-7;/h1-3H,9H2,(H,11,12);1H. The van der Waals surface area contributed by atoms with Gasteiger partial charge in [0, 0.05) is 17.8 Å². The van der Waals surface area contributed by atoms with E-state index in [9.17, 15) is 4.79 Å². The fourth-order valence-corrected chi connectivity index (χ4v) is 2.12. The predicted molar refractivity (Wildman–Crippen MR) is 58.2 cm³/mol. The van der Waals surface area contributed by atoms with Crippen LogP contribution in [0.2, 0.25) is 0 Å². The second-order valence-electron chi connectivity index (χ2n) is 2.52. The Labute approximate surface area is 89.8 Å². The molecule has 0 spiro atoms. The number of anilines is 1. The van der Waals surface area contributed by atoms with Crippen molar-refractivity contribution in [1.29, 1.82) is 0 Å². The van der Waals surface area contributed by atoms with Crippen molar-refractivity contribution in [1.82, 2.24) is 4.98 Å². The molecule has 0 saturated carbocycles. The maximum absolute atomic E-state index is 10.8. The molecule has 0 aliphatic heterocycles. The van der Waals surface area contributed by atoms with Crippen LogP contribution in [0.25, 0.3) is 10.1 Å². The average Bonchev–Trinajstić information content (AvgIpc) is 2.39. The molecule has 2 aromatic heterocycles. The summed E-state index contributed by atoms with van der Waals surface area (Å²) in [4.78, 5) is 14.7. The number of fused-ring (bicyclic) bond motifs is 1. The number of aromatic nitrogens is 1. The molecule has 0 fully saturated rings. The number of hydrogen-bond donors (Lipinski definition) is 2. The van der Waals surface area contributed by atoms with Crippen molar-refractivity contribution in [2.24, 2.45) is 0 Å². The van der Waals surface area contributed by atoms with Crippen LogP contribution >= 0.6 is 23.7 Å². The molecule has 3 N–H and O–H groups in total. The van der Waals surface area contributed by atoms with Crippen LogP contribution in [0.3, 0.4) is 0 Å². The Morgan fingerprint density at radius 2 is 2.29 bits per heavy atom. The zero-order chi connectivity index (χ0) is 9.42. The summed E-state index contributed by atoms with van der Waals surface area (Å²) in [5.41, 5.74) is 5.75. The van der Waals surface area contributed by atoms with E-state index < -0.39 is 5.97 Å². The molecule has 0 radical (unpaired) electrons.